The Morgan fingerprint density at radius 1 is 1.25 bits per heavy atom. The standard InChI is InChI=1S/C23H31N7O2/c1-23(2,3)17-10-5-6-11-19(17)30(22-24-13-18-21(26-22)28-29-27-18)16-9-7-8-15(12-16)25-20(31)14-32-4/h5-6,10-11,13,15-16H,7-9,12,14H2,1-4H3,(H,25,31)(H,24,26,27,28,29). The van der Waals surface area contributed by atoms with Crippen LogP contribution in [0.15, 0.2) is 30.5 Å². The lowest BCUT2D eigenvalue weighted by Crippen LogP contribution is -2.46. The molecule has 9 nitrogen and oxygen atoms in total. The van der Waals surface area contributed by atoms with Crippen molar-refractivity contribution in [3.05, 3.63) is 36.0 Å². The van der Waals surface area contributed by atoms with Gasteiger partial charge in [-0.2, -0.15) is 15.3 Å². The number of anilines is 2. The number of carbonyl (C=O) groups is 1. The van der Waals surface area contributed by atoms with E-state index in [2.05, 4.69) is 69.6 Å². The third-order valence-corrected chi connectivity index (χ3v) is 5.90. The fourth-order valence-electron chi connectivity index (χ4n) is 4.48. The number of aromatic amines is 1. The van der Waals surface area contributed by atoms with Gasteiger partial charge in [-0.3, -0.25) is 4.79 Å². The quantitative estimate of drug-likeness (QED) is 0.609. The van der Waals surface area contributed by atoms with Crippen molar-refractivity contribution in [2.24, 2.45) is 0 Å². The molecule has 0 bridgehead atoms. The highest BCUT2D eigenvalue weighted by Gasteiger charge is 2.33. The van der Waals surface area contributed by atoms with Gasteiger partial charge in [0.05, 0.1) is 6.20 Å². The van der Waals surface area contributed by atoms with E-state index in [0.717, 1.165) is 31.4 Å². The van der Waals surface area contributed by atoms with Crippen molar-refractivity contribution < 1.29 is 9.53 Å². The molecule has 1 amide bonds. The normalized spacial score (nSPS) is 19.1. The average molecular weight is 438 g/mol. The zero-order valence-electron chi connectivity index (χ0n) is 19.1. The van der Waals surface area contributed by atoms with Gasteiger partial charge in [0.25, 0.3) is 0 Å². The highest BCUT2D eigenvalue weighted by molar-refractivity contribution is 5.77. The molecule has 1 aliphatic carbocycles. The van der Waals surface area contributed by atoms with Crippen molar-refractivity contribution in [2.45, 2.75) is 64.0 Å². The van der Waals surface area contributed by atoms with Gasteiger partial charge in [-0.05, 0) is 42.7 Å². The van der Waals surface area contributed by atoms with Crippen LogP contribution < -0.4 is 10.2 Å². The molecule has 3 aromatic rings. The van der Waals surface area contributed by atoms with E-state index < -0.39 is 0 Å². The number of aromatic nitrogens is 5. The molecule has 0 radical (unpaired) electrons. The first-order chi connectivity index (χ1) is 15.4. The minimum Gasteiger partial charge on any atom is -0.375 e. The van der Waals surface area contributed by atoms with Gasteiger partial charge in [-0.1, -0.05) is 39.0 Å². The molecule has 1 aliphatic rings. The number of benzene rings is 1. The summed E-state index contributed by atoms with van der Waals surface area (Å²) in [6.07, 6.45) is 5.44. The summed E-state index contributed by atoms with van der Waals surface area (Å²) in [6.45, 7) is 6.70. The molecule has 2 unspecified atom stereocenters. The Morgan fingerprint density at radius 2 is 2.06 bits per heavy atom. The van der Waals surface area contributed by atoms with Crippen LogP contribution in [0.1, 0.15) is 52.0 Å². The third kappa shape index (κ3) is 4.72. The molecule has 2 atom stereocenters. The molecule has 1 saturated carbocycles. The molecule has 170 valence electrons. The lowest BCUT2D eigenvalue weighted by Gasteiger charge is -2.40. The maximum absolute atomic E-state index is 12.1. The van der Waals surface area contributed by atoms with Crippen LogP contribution in [0.25, 0.3) is 11.2 Å². The van der Waals surface area contributed by atoms with E-state index in [-0.39, 0.29) is 30.0 Å². The number of nitrogens with zero attached hydrogens (tertiary/aromatic N) is 5. The number of rotatable bonds is 6. The minimum atomic E-state index is -0.0833. The summed E-state index contributed by atoms with van der Waals surface area (Å²) in [4.78, 5) is 23.7. The predicted octanol–water partition coefficient (Wildman–Crippen LogP) is 3.26. The van der Waals surface area contributed by atoms with E-state index in [9.17, 15) is 4.79 Å². The average Bonchev–Trinajstić information content (AvgIpc) is 3.22. The second kappa shape index (κ2) is 9.20. The largest absolute Gasteiger partial charge is 0.375 e. The molecular formula is C23H31N7O2. The van der Waals surface area contributed by atoms with E-state index in [1.54, 1.807) is 6.20 Å². The van der Waals surface area contributed by atoms with E-state index in [1.807, 2.05) is 6.07 Å². The van der Waals surface area contributed by atoms with Gasteiger partial charge in [0.1, 0.15) is 12.1 Å². The number of hydrogen-bond donors (Lipinski definition) is 2. The number of para-hydroxylation sites is 1. The van der Waals surface area contributed by atoms with Gasteiger partial charge in [-0.25, -0.2) is 4.98 Å². The number of nitrogens with one attached hydrogen (secondary N) is 2. The molecule has 1 fully saturated rings. The number of carbonyl (C=O) groups excluding carboxylic acids is 1. The Balaban J connectivity index is 1.74. The molecule has 9 heteroatoms. The summed E-state index contributed by atoms with van der Waals surface area (Å²) >= 11 is 0. The second-order valence-corrected chi connectivity index (χ2v) is 9.36. The van der Waals surface area contributed by atoms with Crippen molar-refractivity contribution in [2.75, 3.05) is 18.6 Å². The van der Waals surface area contributed by atoms with Gasteiger partial charge in [0.15, 0.2) is 0 Å². The van der Waals surface area contributed by atoms with E-state index in [0.29, 0.717) is 17.1 Å². The van der Waals surface area contributed by atoms with Gasteiger partial charge in [0, 0.05) is 24.9 Å². The molecule has 2 heterocycles. The summed E-state index contributed by atoms with van der Waals surface area (Å²) in [7, 11) is 1.53. The maximum Gasteiger partial charge on any atom is 0.246 e. The summed E-state index contributed by atoms with van der Waals surface area (Å²) < 4.78 is 4.99. The second-order valence-electron chi connectivity index (χ2n) is 9.36. The van der Waals surface area contributed by atoms with Gasteiger partial charge in [0.2, 0.25) is 17.5 Å². The summed E-state index contributed by atoms with van der Waals surface area (Å²) in [5, 5.41) is 14.0. The summed E-state index contributed by atoms with van der Waals surface area (Å²) in [6, 6.07) is 8.62. The fraction of sp³-hybridized carbons (Fsp3) is 0.522. The number of fused-ring (bicyclic) bond motifs is 1. The highest BCUT2D eigenvalue weighted by atomic mass is 16.5. The van der Waals surface area contributed by atoms with Crippen molar-refractivity contribution in [3.8, 4) is 0 Å². The lowest BCUT2D eigenvalue weighted by atomic mass is 9.84. The SMILES string of the molecule is COCC(=O)NC1CCCC(N(c2ncc3n[nH]nc3n2)c2ccccc2C(C)(C)C)C1. The molecule has 0 aliphatic heterocycles. The van der Waals surface area contributed by atoms with Crippen molar-refractivity contribution in [1.29, 1.82) is 0 Å². The minimum absolute atomic E-state index is 0.0619. The Bertz CT molecular complexity index is 1080. The Hall–Kier alpha value is -3.07. The number of amides is 1. The van der Waals surface area contributed by atoms with Crippen molar-refractivity contribution >= 4 is 28.7 Å². The van der Waals surface area contributed by atoms with E-state index in [4.69, 9.17) is 9.72 Å². The fourth-order valence-corrected chi connectivity index (χ4v) is 4.48. The molecule has 4 rings (SSSR count). The number of methoxy groups -OCH3 is 1. The van der Waals surface area contributed by atoms with Gasteiger partial charge in [-0.15, -0.1) is 5.10 Å². The van der Waals surface area contributed by atoms with Crippen LogP contribution in [0.4, 0.5) is 11.6 Å². The lowest BCUT2D eigenvalue weighted by molar-refractivity contribution is -0.125. The first-order valence-electron chi connectivity index (χ1n) is 11.1. The molecule has 2 aromatic heterocycles. The summed E-state index contributed by atoms with van der Waals surface area (Å²) in [5.41, 5.74) is 3.40. The molecule has 1 aromatic carbocycles. The van der Waals surface area contributed by atoms with Crippen LogP contribution in [-0.4, -0.2) is 57.1 Å². The monoisotopic (exact) mass is 437 g/mol. The first kappa shape index (κ1) is 22.1. The Morgan fingerprint density at radius 3 is 2.84 bits per heavy atom. The number of hydrogen-bond acceptors (Lipinski definition) is 7. The van der Waals surface area contributed by atoms with Crippen LogP contribution in [0.5, 0.6) is 0 Å². The zero-order chi connectivity index (χ0) is 22.7. The number of ether oxygens (including phenoxy) is 1. The predicted molar refractivity (Wildman–Crippen MR) is 123 cm³/mol. The molecule has 0 spiro atoms. The van der Waals surface area contributed by atoms with Crippen molar-refractivity contribution in [1.82, 2.24) is 30.7 Å². The molecule has 32 heavy (non-hydrogen) atoms. The maximum atomic E-state index is 12.1. The Kier molecular flexibility index (Phi) is 6.36. The van der Waals surface area contributed by atoms with Crippen LogP contribution >= 0.6 is 0 Å². The van der Waals surface area contributed by atoms with Crippen molar-refractivity contribution in [3.63, 3.8) is 0 Å². The van der Waals surface area contributed by atoms with Crippen LogP contribution in [0, 0.1) is 0 Å². The first-order valence-corrected chi connectivity index (χ1v) is 11.1. The smallest absolute Gasteiger partial charge is 0.246 e. The van der Waals surface area contributed by atoms with E-state index >= 15 is 0 Å². The molecular weight excluding hydrogens is 406 g/mol. The van der Waals surface area contributed by atoms with Gasteiger partial charge < -0.3 is 15.0 Å². The van der Waals surface area contributed by atoms with E-state index in [1.165, 1.54) is 12.7 Å². The van der Waals surface area contributed by atoms with Gasteiger partial charge >= 0.3 is 0 Å². The topological polar surface area (TPSA) is 109 Å². The van der Waals surface area contributed by atoms with Crippen LogP contribution in [-0.2, 0) is 14.9 Å². The Labute approximate surface area is 188 Å². The van der Waals surface area contributed by atoms with Crippen LogP contribution in [0.3, 0.4) is 0 Å². The molecule has 0 saturated heterocycles. The molecule has 2 N–H and O–H groups in total. The summed E-state index contributed by atoms with van der Waals surface area (Å²) in [5.74, 6) is 0.511. The third-order valence-electron chi connectivity index (χ3n) is 5.90. The number of H-pyrrole nitrogens is 1. The zero-order valence-corrected chi connectivity index (χ0v) is 19.1. The highest BCUT2D eigenvalue weighted by Crippen LogP contribution is 2.39. The van der Waals surface area contributed by atoms with Crippen LogP contribution in [0.2, 0.25) is 0 Å².